The van der Waals surface area contributed by atoms with Crippen molar-refractivity contribution in [2.45, 2.75) is 105 Å². The van der Waals surface area contributed by atoms with Gasteiger partial charge in [-0.1, -0.05) is 87.2 Å². The van der Waals surface area contributed by atoms with E-state index in [0.717, 1.165) is 54.4 Å². The molecule has 2 aromatic rings. The number of aryl methyl sites for hydroxylation is 2. The number of hydrogen-bond donors (Lipinski definition) is 2. The van der Waals surface area contributed by atoms with Gasteiger partial charge in [0.05, 0.1) is 0 Å². The molecule has 0 radical (unpaired) electrons. The van der Waals surface area contributed by atoms with Crippen LogP contribution in [0.25, 0.3) is 0 Å². The molecule has 0 spiro atoms. The summed E-state index contributed by atoms with van der Waals surface area (Å²) in [6.45, 7) is 14.5. The van der Waals surface area contributed by atoms with Gasteiger partial charge in [-0.3, -0.25) is 9.59 Å². The Balaban J connectivity index is 2.53. The Hall–Kier alpha value is -3.35. The highest BCUT2D eigenvalue weighted by Crippen LogP contribution is 2.27. The summed E-state index contributed by atoms with van der Waals surface area (Å²) in [5, 5.41) is 5.91. The van der Waals surface area contributed by atoms with Gasteiger partial charge in [0.25, 0.3) is 0 Å². The molecule has 0 bridgehead atoms. The van der Waals surface area contributed by atoms with Gasteiger partial charge in [-0.25, -0.2) is 4.79 Å². The third kappa shape index (κ3) is 10.7. The monoisotopic (exact) mass is 551 g/mol. The summed E-state index contributed by atoms with van der Waals surface area (Å²) >= 11 is 0. The van der Waals surface area contributed by atoms with Crippen LogP contribution in [0, 0.1) is 13.8 Å². The van der Waals surface area contributed by atoms with Crippen molar-refractivity contribution in [3.05, 3.63) is 70.8 Å². The van der Waals surface area contributed by atoms with Crippen LogP contribution in [-0.4, -0.2) is 47.5 Å². The zero-order chi connectivity index (χ0) is 29.7. The predicted molar refractivity (Wildman–Crippen MR) is 161 cm³/mol. The van der Waals surface area contributed by atoms with E-state index in [1.54, 1.807) is 25.7 Å². The van der Waals surface area contributed by atoms with Gasteiger partial charge in [0.2, 0.25) is 11.8 Å². The summed E-state index contributed by atoms with van der Waals surface area (Å²) in [7, 11) is 0. The molecule has 0 aliphatic carbocycles. The van der Waals surface area contributed by atoms with E-state index in [9.17, 15) is 14.4 Å². The smallest absolute Gasteiger partial charge is 0.408 e. The lowest BCUT2D eigenvalue weighted by Crippen LogP contribution is -2.54. The van der Waals surface area contributed by atoms with Gasteiger partial charge in [0, 0.05) is 19.5 Å². The van der Waals surface area contributed by atoms with Crippen molar-refractivity contribution in [2.24, 2.45) is 0 Å². The second-order valence-electron chi connectivity index (χ2n) is 11.5. The maximum atomic E-state index is 14.4. The highest BCUT2D eigenvalue weighted by molar-refractivity contribution is 5.92. The lowest BCUT2D eigenvalue weighted by Gasteiger charge is -2.35. The molecule has 0 aliphatic rings. The van der Waals surface area contributed by atoms with Crippen molar-refractivity contribution >= 4 is 17.9 Å². The number of hydrogen-bond acceptors (Lipinski definition) is 4. The molecular weight excluding hydrogens is 502 g/mol. The SMILES string of the molecule is CCCCCNC(=O)C(c1ccc(C)cc1C)N(CCCC)C(=O)C(Cc1ccccc1)NC(=O)OC(C)(C)C. The van der Waals surface area contributed by atoms with Crippen LogP contribution in [0.5, 0.6) is 0 Å². The fourth-order valence-corrected chi connectivity index (χ4v) is 4.66. The molecule has 0 fully saturated rings. The number of nitrogens with one attached hydrogen (secondary N) is 2. The Morgan fingerprint density at radius 2 is 1.60 bits per heavy atom. The zero-order valence-corrected chi connectivity index (χ0v) is 25.5. The van der Waals surface area contributed by atoms with Gasteiger partial charge in [-0.2, -0.15) is 0 Å². The summed E-state index contributed by atoms with van der Waals surface area (Å²) in [6.07, 6.45) is 4.14. The number of alkyl carbamates (subject to hydrolysis) is 1. The van der Waals surface area contributed by atoms with Gasteiger partial charge in [-0.15, -0.1) is 0 Å². The summed E-state index contributed by atoms with van der Waals surface area (Å²) in [5.41, 5.74) is 3.01. The Kier molecular flexibility index (Phi) is 13.2. The molecule has 0 aromatic heterocycles. The van der Waals surface area contributed by atoms with Crippen LogP contribution >= 0.6 is 0 Å². The number of amides is 3. The normalized spacial score (nSPS) is 12.8. The molecule has 0 aliphatic heterocycles. The number of unbranched alkanes of at least 4 members (excludes halogenated alkanes) is 3. The second-order valence-corrected chi connectivity index (χ2v) is 11.5. The Bertz CT molecular complexity index is 1090. The van der Waals surface area contributed by atoms with Crippen LogP contribution in [0.2, 0.25) is 0 Å². The van der Waals surface area contributed by atoms with Crippen molar-refractivity contribution < 1.29 is 19.1 Å². The van der Waals surface area contributed by atoms with Crippen LogP contribution in [0.15, 0.2) is 48.5 Å². The van der Waals surface area contributed by atoms with Crippen LogP contribution < -0.4 is 10.6 Å². The van der Waals surface area contributed by atoms with E-state index < -0.39 is 23.8 Å². The average molecular weight is 552 g/mol. The van der Waals surface area contributed by atoms with E-state index in [1.807, 2.05) is 62.4 Å². The number of rotatable bonds is 14. The Morgan fingerprint density at radius 1 is 0.925 bits per heavy atom. The first kappa shape index (κ1) is 32.9. The lowest BCUT2D eigenvalue weighted by atomic mass is 9.95. The molecule has 220 valence electrons. The third-order valence-corrected chi connectivity index (χ3v) is 6.67. The van der Waals surface area contributed by atoms with E-state index in [0.29, 0.717) is 13.1 Å². The molecule has 2 aromatic carbocycles. The summed E-state index contributed by atoms with van der Waals surface area (Å²) in [5.74, 6) is -0.514. The highest BCUT2D eigenvalue weighted by Gasteiger charge is 2.36. The third-order valence-electron chi connectivity index (χ3n) is 6.67. The topological polar surface area (TPSA) is 87.7 Å². The van der Waals surface area contributed by atoms with Crippen molar-refractivity contribution in [3.8, 4) is 0 Å². The molecule has 7 nitrogen and oxygen atoms in total. The molecule has 0 heterocycles. The standard InChI is InChI=1S/C33H49N3O4/c1-8-10-15-20-34-30(37)29(27-19-18-24(3)22-25(27)4)36(21-11-9-2)31(38)28(23-26-16-13-12-14-17-26)35-32(39)40-33(5,6)7/h12-14,16-19,22,28-29H,8-11,15,20-21,23H2,1-7H3,(H,34,37)(H,35,39). The molecule has 0 saturated heterocycles. The minimum Gasteiger partial charge on any atom is -0.444 e. The van der Waals surface area contributed by atoms with Crippen molar-refractivity contribution in [1.82, 2.24) is 15.5 Å². The predicted octanol–water partition coefficient (Wildman–Crippen LogP) is 6.42. The Labute approximate surface area is 241 Å². The van der Waals surface area contributed by atoms with Crippen LogP contribution in [0.1, 0.15) is 95.0 Å². The zero-order valence-electron chi connectivity index (χ0n) is 25.5. The number of carbonyl (C=O) groups excluding carboxylic acids is 3. The molecule has 2 unspecified atom stereocenters. The van der Waals surface area contributed by atoms with Gasteiger partial charge >= 0.3 is 6.09 Å². The van der Waals surface area contributed by atoms with E-state index in [-0.39, 0.29) is 18.2 Å². The quantitative estimate of drug-likeness (QED) is 0.265. The molecule has 0 saturated carbocycles. The fourth-order valence-electron chi connectivity index (χ4n) is 4.66. The molecule has 2 rings (SSSR count). The number of nitrogens with zero attached hydrogens (tertiary/aromatic N) is 1. The minimum absolute atomic E-state index is 0.205. The molecule has 3 amide bonds. The molecular formula is C33H49N3O4. The first-order valence-corrected chi connectivity index (χ1v) is 14.7. The lowest BCUT2D eigenvalue weighted by molar-refractivity contribution is -0.142. The maximum absolute atomic E-state index is 14.4. The van der Waals surface area contributed by atoms with Gasteiger partial charge in [-0.05, 0) is 64.2 Å². The number of benzene rings is 2. The number of carbonyl (C=O) groups is 3. The Morgan fingerprint density at radius 3 is 2.20 bits per heavy atom. The van der Waals surface area contributed by atoms with E-state index in [1.165, 1.54) is 0 Å². The van der Waals surface area contributed by atoms with E-state index >= 15 is 0 Å². The molecule has 40 heavy (non-hydrogen) atoms. The van der Waals surface area contributed by atoms with Gasteiger partial charge in [0.1, 0.15) is 17.7 Å². The average Bonchev–Trinajstić information content (AvgIpc) is 2.88. The summed E-state index contributed by atoms with van der Waals surface area (Å²) in [4.78, 5) is 42.8. The summed E-state index contributed by atoms with van der Waals surface area (Å²) < 4.78 is 5.52. The van der Waals surface area contributed by atoms with E-state index in [4.69, 9.17) is 4.74 Å². The number of ether oxygens (including phenoxy) is 1. The molecule has 2 atom stereocenters. The largest absolute Gasteiger partial charge is 0.444 e. The minimum atomic E-state index is -0.907. The first-order chi connectivity index (χ1) is 19.0. The maximum Gasteiger partial charge on any atom is 0.408 e. The molecule has 2 N–H and O–H groups in total. The van der Waals surface area contributed by atoms with Crippen LogP contribution in [0.3, 0.4) is 0 Å². The highest BCUT2D eigenvalue weighted by atomic mass is 16.6. The fraction of sp³-hybridized carbons (Fsp3) is 0.545. The van der Waals surface area contributed by atoms with Crippen molar-refractivity contribution in [2.75, 3.05) is 13.1 Å². The molecule has 7 heteroatoms. The van der Waals surface area contributed by atoms with Crippen molar-refractivity contribution in [3.63, 3.8) is 0 Å². The van der Waals surface area contributed by atoms with Crippen molar-refractivity contribution in [1.29, 1.82) is 0 Å². The van der Waals surface area contributed by atoms with Gasteiger partial charge < -0.3 is 20.3 Å². The second kappa shape index (κ2) is 16.0. The van der Waals surface area contributed by atoms with Gasteiger partial charge in [0.15, 0.2) is 0 Å². The first-order valence-electron chi connectivity index (χ1n) is 14.7. The van der Waals surface area contributed by atoms with E-state index in [2.05, 4.69) is 24.5 Å². The summed E-state index contributed by atoms with van der Waals surface area (Å²) in [6, 6.07) is 13.8. The van der Waals surface area contributed by atoms with Crippen LogP contribution in [0.4, 0.5) is 4.79 Å². The van der Waals surface area contributed by atoms with Crippen LogP contribution in [-0.2, 0) is 20.7 Å².